The fourth-order valence-corrected chi connectivity index (χ4v) is 2.93. The summed E-state index contributed by atoms with van der Waals surface area (Å²) in [5.74, 6) is 0. The molecule has 2 unspecified atom stereocenters. The van der Waals surface area contributed by atoms with Crippen LogP contribution in [0.4, 0.5) is 0 Å². The molecule has 2 rings (SSSR count). The molecule has 1 aromatic carbocycles. The second-order valence-corrected chi connectivity index (χ2v) is 5.37. The molecule has 1 heterocycles. The number of likely N-dealkylation sites (tertiary alicyclic amines) is 1. The van der Waals surface area contributed by atoms with Gasteiger partial charge in [-0.05, 0) is 57.0 Å². The molecule has 0 aliphatic carbocycles. The highest BCUT2D eigenvalue weighted by molar-refractivity contribution is 5.36. The molecule has 0 amide bonds. The van der Waals surface area contributed by atoms with Crippen LogP contribution in [-0.2, 0) is 0 Å². The van der Waals surface area contributed by atoms with Crippen molar-refractivity contribution < 1.29 is 0 Å². The smallest absolute Gasteiger partial charge is 0.0499 e. The van der Waals surface area contributed by atoms with Crippen molar-refractivity contribution in [2.45, 2.75) is 45.2 Å². The first-order valence-electron chi connectivity index (χ1n) is 6.63. The fourth-order valence-electron chi connectivity index (χ4n) is 2.93. The second-order valence-electron chi connectivity index (χ2n) is 5.37. The van der Waals surface area contributed by atoms with E-state index in [1.54, 1.807) is 0 Å². The molecule has 0 radical (unpaired) electrons. The SMILES string of the molecule is Cc1cccc(C2C(N)CCCCN2C)c1C. The molecule has 0 aromatic heterocycles. The summed E-state index contributed by atoms with van der Waals surface area (Å²) in [5, 5.41) is 0. The van der Waals surface area contributed by atoms with Gasteiger partial charge in [-0.1, -0.05) is 24.6 Å². The van der Waals surface area contributed by atoms with Crippen LogP contribution >= 0.6 is 0 Å². The van der Waals surface area contributed by atoms with Gasteiger partial charge in [0, 0.05) is 12.1 Å². The number of nitrogens with zero attached hydrogens (tertiary/aromatic N) is 1. The van der Waals surface area contributed by atoms with Crippen molar-refractivity contribution in [3.63, 3.8) is 0 Å². The number of nitrogens with two attached hydrogens (primary N) is 1. The summed E-state index contributed by atoms with van der Waals surface area (Å²) in [6, 6.07) is 7.24. The van der Waals surface area contributed by atoms with E-state index in [1.807, 2.05) is 0 Å². The van der Waals surface area contributed by atoms with Crippen molar-refractivity contribution >= 4 is 0 Å². The van der Waals surface area contributed by atoms with Gasteiger partial charge in [0.05, 0.1) is 0 Å². The average molecular weight is 232 g/mol. The summed E-state index contributed by atoms with van der Waals surface area (Å²) in [6.07, 6.45) is 3.67. The van der Waals surface area contributed by atoms with Gasteiger partial charge in [0.2, 0.25) is 0 Å². The van der Waals surface area contributed by atoms with Gasteiger partial charge in [0.15, 0.2) is 0 Å². The van der Waals surface area contributed by atoms with Gasteiger partial charge >= 0.3 is 0 Å². The van der Waals surface area contributed by atoms with Crippen LogP contribution in [0.1, 0.15) is 42.0 Å². The average Bonchev–Trinajstić information content (AvgIpc) is 2.45. The van der Waals surface area contributed by atoms with Crippen molar-refractivity contribution in [3.05, 3.63) is 34.9 Å². The van der Waals surface area contributed by atoms with Crippen molar-refractivity contribution in [2.75, 3.05) is 13.6 Å². The molecule has 2 heteroatoms. The maximum absolute atomic E-state index is 6.38. The molecule has 17 heavy (non-hydrogen) atoms. The highest BCUT2D eigenvalue weighted by Gasteiger charge is 2.27. The van der Waals surface area contributed by atoms with Crippen LogP contribution in [0, 0.1) is 13.8 Å². The number of benzene rings is 1. The highest BCUT2D eigenvalue weighted by atomic mass is 15.1. The van der Waals surface area contributed by atoms with Crippen molar-refractivity contribution in [3.8, 4) is 0 Å². The van der Waals surface area contributed by atoms with E-state index in [-0.39, 0.29) is 6.04 Å². The molecule has 1 aliphatic rings. The minimum Gasteiger partial charge on any atom is -0.326 e. The zero-order chi connectivity index (χ0) is 12.4. The molecule has 1 aromatic rings. The maximum atomic E-state index is 6.38. The van der Waals surface area contributed by atoms with E-state index in [1.165, 1.54) is 29.5 Å². The first kappa shape index (κ1) is 12.6. The Kier molecular flexibility index (Phi) is 3.85. The van der Waals surface area contributed by atoms with Crippen molar-refractivity contribution in [1.82, 2.24) is 4.90 Å². The normalized spacial score (nSPS) is 26.8. The van der Waals surface area contributed by atoms with Crippen LogP contribution in [0.25, 0.3) is 0 Å². The number of hydrogen-bond acceptors (Lipinski definition) is 2. The van der Waals surface area contributed by atoms with E-state index in [0.717, 1.165) is 13.0 Å². The predicted octanol–water partition coefficient (Wildman–Crippen LogP) is 2.79. The first-order chi connectivity index (χ1) is 8.11. The summed E-state index contributed by atoms with van der Waals surface area (Å²) >= 11 is 0. The Hall–Kier alpha value is -0.860. The molecule has 0 bridgehead atoms. The molecular weight excluding hydrogens is 208 g/mol. The Balaban J connectivity index is 2.38. The molecule has 1 saturated heterocycles. The monoisotopic (exact) mass is 232 g/mol. The van der Waals surface area contributed by atoms with Gasteiger partial charge in [-0.3, -0.25) is 4.90 Å². The lowest BCUT2D eigenvalue weighted by Crippen LogP contribution is -2.38. The van der Waals surface area contributed by atoms with Crippen LogP contribution < -0.4 is 5.73 Å². The third-order valence-corrected chi connectivity index (χ3v) is 4.14. The number of likely N-dealkylation sites (N-methyl/N-ethyl adjacent to an activating group) is 1. The highest BCUT2D eigenvalue weighted by Crippen LogP contribution is 2.31. The summed E-state index contributed by atoms with van der Waals surface area (Å²) < 4.78 is 0. The van der Waals surface area contributed by atoms with Crippen LogP contribution in [0.2, 0.25) is 0 Å². The summed E-state index contributed by atoms with van der Waals surface area (Å²) in [6.45, 7) is 5.56. The van der Waals surface area contributed by atoms with Gasteiger partial charge in [0.1, 0.15) is 0 Å². The van der Waals surface area contributed by atoms with Crippen LogP contribution in [-0.4, -0.2) is 24.5 Å². The van der Waals surface area contributed by atoms with E-state index in [2.05, 4.69) is 44.0 Å². The Morgan fingerprint density at radius 2 is 2.00 bits per heavy atom. The third kappa shape index (κ3) is 2.53. The van der Waals surface area contributed by atoms with Crippen LogP contribution in [0.3, 0.4) is 0 Å². The minimum absolute atomic E-state index is 0.267. The van der Waals surface area contributed by atoms with Gasteiger partial charge in [0.25, 0.3) is 0 Å². The van der Waals surface area contributed by atoms with Crippen LogP contribution in [0.15, 0.2) is 18.2 Å². The fraction of sp³-hybridized carbons (Fsp3) is 0.600. The quantitative estimate of drug-likeness (QED) is 0.806. The third-order valence-electron chi connectivity index (χ3n) is 4.14. The van der Waals surface area contributed by atoms with E-state index in [4.69, 9.17) is 5.73 Å². The topological polar surface area (TPSA) is 29.3 Å². The van der Waals surface area contributed by atoms with E-state index in [9.17, 15) is 0 Å². The molecule has 0 spiro atoms. The summed E-state index contributed by atoms with van der Waals surface area (Å²) in [5.41, 5.74) is 10.6. The molecular formula is C15H24N2. The van der Waals surface area contributed by atoms with Gasteiger partial charge in [-0.2, -0.15) is 0 Å². The van der Waals surface area contributed by atoms with E-state index in [0.29, 0.717) is 6.04 Å². The first-order valence-corrected chi connectivity index (χ1v) is 6.63. The molecule has 2 atom stereocenters. The summed E-state index contributed by atoms with van der Waals surface area (Å²) in [7, 11) is 2.21. The Morgan fingerprint density at radius 3 is 2.76 bits per heavy atom. The molecule has 0 saturated carbocycles. The zero-order valence-electron chi connectivity index (χ0n) is 11.2. The maximum Gasteiger partial charge on any atom is 0.0499 e. The Bertz CT molecular complexity index is 375. The van der Waals surface area contributed by atoms with E-state index >= 15 is 0 Å². The predicted molar refractivity (Wildman–Crippen MR) is 73.1 cm³/mol. The largest absolute Gasteiger partial charge is 0.326 e. The van der Waals surface area contributed by atoms with Gasteiger partial charge in [-0.15, -0.1) is 0 Å². The lowest BCUT2D eigenvalue weighted by molar-refractivity contribution is 0.229. The zero-order valence-corrected chi connectivity index (χ0v) is 11.2. The number of aryl methyl sites for hydroxylation is 1. The molecule has 1 fully saturated rings. The second kappa shape index (κ2) is 5.19. The molecule has 94 valence electrons. The van der Waals surface area contributed by atoms with Crippen LogP contribution in [0.5, 0.6) is 0 Å². The lowest BCUT2D eigenvalue weighted by atomic mass is 9.91. The van der Waals surface area contributed by atoms with Gasteiger partial charge < -0.3 is 5.73 Å². The number of rotatable bonds is 1. The number of hydrogen-bond donors (Lipinski definition) is 1. The lowest BCUT2D eigenvalue weighted by Gasteiger charge is -2.32. The molecule has 1 aliphatic heterocycles. The molecule has 2 nitrogen and oxygen atoms in total. The Labute approximate surface area is 105 Å². The van der Waals surface area contributed by atoms with Crippen molar-refractivity contribution in [2.24, 2.45) is 5.73 Å². The van der Waals surface area contributed by atoms with E-state index < -0.39 is 0 Å². The summed E-state index contributed by atoms with van der Waals surface area (Å²) in [4.78, 5) is 2.43. The van der Waals surface area contributed by atoms with Gasteiger partial charge in [-0.25, -0.2) is 0 Å². The Morgan fingerprint density at radius 1 is 1.24 bits per heavy atom. The molecule has 2 N–H and O–H groups in total. The standard InChI is InChI=1S/C15H24N2/c1-11-7-6-8-13(12(11)2)15-14(16)9-4-5-10-17(15)3/h6-8,14-15H,4-5,9-10,16H2,1-3H3. The van der Waals surface area contributed by atoms with Crippen molar-refractivity contribution in [1.29, 1.82) is 0 Å². The minimum atomic E-state index is 0.267.